The Kier molecular flexibility index (Phi) is 3.93. The Hall–Kier alpha value is -1.37. The maximum atomic E-state index is 12.2. The SMILES string of the molecule is Cc1cc(Cl)ccc1S(=O)(=O)Nc1nccc(Cl)n1. The molecule has 19 heavy (non-hydrogen) atoms. The van der Waals surface area contributed by atoms with Crippen LogP contribution in [0.15, 0.2) is 35.4 Å². The fraction of sp³-hybridized carbons (Fsp3) is 0.0909. The number of nitrogens with one attached hydrogen (secondary N) is 1. The molecule has 2 aromatic rings. The van der Waals surface area contributed by atoms with Crippen LogP contribution in [0.3, 0.4) is 0 Å². The van der Waals surface area contributed by atoms with E-state index in [0.717, 1.165) is 0 Å². The molecule has 100 valence electrons. The molecule has 0 saturated carbocycles. The highest BCUT2D eigenvalue weighted by molar-refractivity contribution is 7.92. The van der Waals surface area contributed by atoms with Gasteiger partial charge in [-0.15, -0.1) is 0 Å². The van der Waals surface area contributed by atoms with Crippen LogP contribution in [0.4, 0.5) is 5.95 Å². The van der Waals surface area contributed by atoms with E-state index in [0.29, 0.717) is 10.6 Å². The molecule has 0 aliphatic carbocycles. The Morgan fingerprint density at radius 2 is 1.95 bits per heavy atom. The van der Waals surface area contributed by atoms with E-state index in [2.05, 4.69) is 14.7 Å². The van der Waals surface area contributed by atoms with E-state index < -0.39 is 10.0 Å². The Bertz CT molecular complexity index is 720. The highest BCUT2D eigenvalue weighted by Crippen LogP contribution is 2.21. The van der Waals surface area contributed by atoms with Crippen molar-refractivity contribution >= 4 is 39.2 Å². The van der Waals surface area contributed by atoms with Gasteiger partial charge in [0.2, 0.25) is 5.95 Å². The minimum Gasteiger partial charge on any atom is -0.247 e. The molecule has 0 saturated heterocycles. The van der Waals surface area contributed by atoms with Gasteiger partial charge in [-0.1, -0.05) is 23.2 Å². The minimum absolute atomic E-state index is 0.0816. The van der Waals surface area contributed by atoms with Crippen molar-refractivity contribution < 1.29 is 8.42 Å². The average Bonchev–Trinajstić information content (AvgIpc) is 2.27. The van der Waals surface area contributed by atoms with Gasteiger partial charge in [0, 0.05) is 11.2 Å². The lowest BCUT2D eigenvalue weighted by Gasteiger charge is -2.09. The van der Waals surface area contributed by atoms with Gasteiger partial charge in [0.25, 0.3) is 10.0 Å². The summed E-state index contributed by atoms with van der Waals surface area (Å²) in [6.45, 7) is 1.65. The van der Waals surface area contributed by atoms with E-state index in [1.54, 1.807) is 13.0 Å². The molecule has 1 aromatic heterocycles. The molecule has 0 aliphatic rings. The van der Waals surface area contributed by atoms with Gasteiger partial charge in [-0.3, -0.25) is 0 Å². The third kappa shape index (κ3) is 3.34. The zero-order valence-electron chi connectivity index (χ0n) is 9.76. The van der Waals surface area contributed by atoms with Crippen molar-refractivity contribution in [3.63, 3.8) is 0 Å². The lowest BCUT2D eigenvalue weighted by molar-refractivity contribution is 0.600. The first-order valence-electron chi connectivity index (χ1n) is 5.16. The third-order valence-electron chi connectivity index (χ3n) is 2.27. The van der Waals surface area contributed by atoms with E-state index in [4.69, 9.17) is 23.2 Å². The monoisotopic (exact) mass is 317 g/mol. The summed E-state index contributed by atoms with van der Waals surface area (Å²) in [5.74, 6) is -0.0816. The number of rotatable bonds is 3. The molecule has 0 aliphatic heterocycles. The molecule has 0 spiro atoms. The fourth-order valence-corrected chi connectivity index (χ4v) is 3.02. The second-order valence-electron chi connectivity index (χ2n) is 3.72. The molecule has 0 radical (unpaired) electrons. The summed E-state index contributed by atoms with van der Waals surface area (Å²) < 4.78 is 26.6. The first-order valence-corrected chi connectivity index (χ1v) is 7.40. The summed E-state index contributed by atoms with van der Waals surface area (Å²) in [6, 6.07) is 5.94. The lowest BCUT2D eigenvalue weighted by atomic mass is 10.2. The van der Waals surface area contributed by atoms with Gasteiger partial charge in [0.15, 0.2) is 0 Å². The molecule has 0 atom stereocenters. The molecule has 8 heteroatoms. The van der Waals surface area contributed by atoms with Gasteiger partial charge >= 0.3 is 0 Å². The first kappa shape index (κ1) is 14.0. The summed E-state index contributed by atoms with van der Waals surface area (Å²) in [5, 5.41) is 0.621. The van der Waals surface area contributed by atoms with Gasteiger partial charge < -0.3 is 0 Å². The Morgan fingerprint density at radius 1 is 1.21 bits per heavy atom. The highest BCUT2D eigenvalue weighted by atomic mass is 35.5. The van der Waals surface area contributed by atoms with E-state index in [-0.39, 0.29) is 16.0 Å². The van der Waals surface area contributed by atoms with Crippen molar-refractivity contribution in [2.24, 2.45) is 0 Å². The largest absolute Gasteiger partial charge is 0.264 e. The van der Waals surface area contributed by atoms with Gasteiger partial charge in [-0.2, -0.15) is 0 Å². The molecular weight excluding hydrogens is 309 g/mol. The average molecular weight is 318 g/mol. The van der Waals surface area contributed by atoms with E-state index in [1.165, 1.54) is 24.4 Å². The van der Waals surface area contributed by atoms with E-state index in [1.807, 2.05) is 0 Å². The quantitative estimate of drug-likeness (QED) is 0.883. The van der Waals surface area contributed by atoms with Crippen LogP contribution < -0.4 is 4.72 Å². The minimum atomic E-state index is -3.77. The van der Waals surface area contributed by atoms with Crippen LogP contribution in [-0.4, -0.2) is 18.4 Å². The summed E-state index contributed by atoms with van der Waals surface area (Å²) in [7, 11) is -3.77. The number of hydrogen-bond donors (Lipinski definition) is 1. The molecule has 5 nitrogen and oxygen atoms in total. The molecule has 1 heterocycles. The first-order chi connectivity index (χ1) is 8.88. The molecule has 1 N–H and O–H groups in total. The topological polar surface area (TPSA) is 72.0 Å². The van der Waals surface area contributed by atoms with Crippen LogP contribution in [0.25, 0.3) is 0 Å². The number of benzene rings is 1. The van der Waals surface area contributed by atoms with Crippen LogP contribution in [0.5, 0.6) is 0 Å². The molecule has 2 rings (SSSR count). The standard InChI is InChI=1S/C11H9Cl2N3O2S/c1-7-6-8(12)2-3-9(7)19(17,18)16-11-14-5-4-10(13)15-11/h2-6H,1H3,(H,14,15,16). The van der Waals surface area contributed by atoms with Crippen molar-refractivity contribution in [1.82, 2.24) is 9.97 Å². The summed E-state index contributed by atoms with van der Waals surface area (Å²) in [4.78, 5) is 7.67. The van der Waals surface area contributed by atoms with Crippen molar-refractivity contribution in [2.75, 3.05) is 4.72 Å². The number of halogens is 2. The van der Waals surface area contributed by atoms with Crippen LogP contribution in [0.1, 0.15) is 5.56 Å². The molecule has 0 fully saturated rings. The van der Waals surface area contributed by atoms with Gasteiger partial charge in [0.1, 0.15) is 5.15 Å². The number of sulfonamides is 1. The fourth-order valence-electron chi connectivity index (χ4n) is 1.48. The number of anilines is 1. The van der Waals surface area contributed by atoms with Crippen LogP contribution in [0, 0.1) is 6.92 Å². The Labute approximate surface area is 120 Å². The zero-order valence-corrected chi connectivity index (χ0v) is 12.1. The van der Waals surface area contributed by atoms with Gasteiger partial charge in [-0.25, -0.2) is 23.1 Å². The number of aryl methyl sites for hydroxylation is 1. The van der Waals surface area contributed by atoms with E-state index in [9.17, 15) is 8.42 Å². The molecule has 1 aromatic carbocycles. The second-order valence-corrected chi connectivity index (χ2v) is 6.19. The number of aromatic nitrogens is 2. The lowest BCUT2D eigenvalue weighted by Crippen LogP contribution is -2.16. The number of hydrogen-bond acceptors (Lipinski definition) is 4. The summed E-state index contributed by atoms with van der Waals surface area (Å²) >= 11 is 11.5. The van der Waals surface area contributed by atoms with Gasteiger partial charge in [-0.05, 0) is 36.8 Å². The van der Waals surface area contributed by atoms with Crippen molar-refractivity contribution in [2.45, 2.75) is 11.8 Å². The third-order valence-corrected chi connectivity index (χ3v) is 4.21. The Morgan fingerprint density at radius 3 is 2.58 bits per heavy atom. The highest BCUT2D eigenvalue weighted by Gasteiger charge is 2.18. The van der Waals surface area contributed by atoms with Crippen molar-refractivity contribution in [3.8, 4) is 0 Å². The zero-order chi connectivity index (χ0) is 14.0. The van der Waals surface area contributed by atoms with Crippen molar-refractivity contribution in [1.29, 1.82) is 0 Å². The predicted molar refractivity (Wildman–Crippen MR) is 74.0 cm³/mol. The van der Waals surface area contributed by atoms with Crippen molar-refractivity contribution in [3.05, 3.63) is 46.2 Å². The maximum Gasteiger partial charge on any atom is 0.264 e. The molecule has 0 bridgehead atoms. The second kappa shape index (κ2) is 5.32. The van der Waals surface area contributed by atoms with Crippen LogP contribution >= 0.6 is 23.2 Å². The summed E-state index contributed by atoms with van der Waals surface area (Å²) in [5.41, 5.74) is 0.530. The Balaban J connectivity index is 2.38. The predicted octanol–water partition coefficient (Wildman–Crippen LogP) is 2.89. The smallest absolute Gasteiger partial charge is 0.247 e. The van der Waals surface area contributed by atoms with Gasteiger partial charge in [0.05, 0.1) is 4.90 Å². The number of nitrogens with zero attached hydrogens (tertiary/aromatic N) is 2. The molecule has 0 amide bonds. The molecule has 0 unspecified atom stereocenters. The maximum absolute atomic E-state index is 12.2. The molecular formula is C11H9Cl2N3O2S. The van der Waals surface area contributed by atoms with Crippen LogP contribution in [0.2, 0.25) is 10.2 Å². The van der Waals surface area contributed by atoms with Crippen LogP contribution in [-0.2, 0) is 10.0 Å². The van der Waals surface area contributed by atoms with E-state index >= 15 is 0 Å². The normalized spacial score (nSPS) is 11.3. The summed E-state index contributed by atoms with van der Waals surface area (Å²) in [6.07, 6.45) is 1.36.